The Labute approximate surface area is 148 Å². The second-order valence-corrected chi connectivity index (χ2v) is 9.68. The minimum Gasteiger partial charge on any atom is -0.343 e. The Morgan fingerprint density at radius 1 is 1.30 bits per heavy atom. The topological polar surface area (TPSA) is 40.6 Å². The fourth-order valence-electron chi connectivity index (χ4n) is 3.36. The molecule has 3 rings (SSSR count). The van der Waals surface area contributed by atoms with Gasteiger partial charge in [-0.05, 0) is 42.8 Å². The zero-order valence-electron chi connectivity index (χ0n) is 13.3. The molecular weight excluding hydrogens is 352 g/mol. The van der Waals surface area contributed by atoms with E-state index in [1.807, 2.05) is 29.2 Å². The molecule has 4 nitrogen and oxygen atoms in total. The van der Waals surface area contributed by atoms with Crippen LogP contribution in [-0.4, -0.2) is 48.6 Å². The highest BCUT2D eigenvalue weighted by molar-refractivity contribution is 7.91. The first-order valence-electron chi connectivity index (χ1n) is 7.84. The molecule has 0 unspecified atom stereocenters. The maximum atomic E-state index is 12.2. The number of hydrogen-bond donors (Lipinski definition) is 0. The molecule has 2 aliphatic rings. The highest BCUT2D eigenvalue weighted by Crippen LogP contribution is 2.36. The fraction of sp³-hybridized carbons (Fsp3) is 0.562. The Morgan fingerprint density at radius 2 is 2.00 bits per heavy atom. The molecule has 1 aromatic rings. The molecule has 0 aliphatic carbocycles. The summed E-state index contributed by atoms with van der Waals surface area (Å²) in [7, 11) is -3.03. The summed E-state index contributed by atoms with van der Waals surface area (Å²) in [4.78, 5) is 4.09. The van der Waals surface area contributed by atoms with Crippen molar-refractivity contribution in [3.8, 4) is 0 Å². The number of anilines is 1. The van der Waals surface area contributed by atoms with Crippen molar-refractivity contribution in [3.05, 3.63) is 29.3 Å². The summed E-state index contributed by atoms with van der Waals surface area (Å²) in [5.41, 5.74) is 0.877. The molecule has 0 N–H and O–H groups in total. The van der Waals surface area contributed by atoms with Crippen molar-refractivity contribution in [1.29, 1.82) is 0 Å². The van der Waals surface area contributed by atoms with Crippen LogP contribution in [0.15, 0.2) is 24.3 Å². The van der Waals surface area contributed by atoms with Gasteiger partial charge in [-0.15, -0.1) is 0 Å². The van der Waals surface area contributed by atoms with Crippen LogP contribution in [0.2, 0.25) is 5.02 Å². The van der Waals surface area contributed by atoms with E-state index in [1.54, 1.807) is 0 Å². The molecular formula is C16H21ClN2O2S2. The van der Waals surface area contributed by atoms with Gasteiger partial charge in [-0.1, -0.05) is 31.5 Å². The number of benzene rings is 1. The van der Waals surface area contributed by atoms with Gasteiger partial charge in [0, 0.05) is 17.3 Å². The number of halogens is 1. The lowest BCUT2D eigenvalue weighted by atomic mass is 10.1. The third-order valence-corrected chi connectivity index (χ3v) is 6.88. The molecule has 23 heavy (non-hydrogen) atoms. The third kappa shape index (κ3) is 3.35. The Hall–Kier alpha value is -0.850. The van der Waals surface area contributed by atoms with E-state index in [1.165, 1.54) is 0 Å². The molecule has 0 saturated carbocycles. The number of fused-ring (bicyclic) bond motifs is 1. The number of thiocarbonyl (C=S) groups is 1. The molecule has 2 fully saturated rings. The van der Waals surface area contributed by atoms with E-state index in [0.29, 0.717) is 10.9 Å². The third-order valence-electron chi connectivity index (χ3n) is 4.51. The normalized spacial score (nSPS) is 26.2. The van der Waals surface area contributed by atoms with Crippen molar-refractivity contribution in [2.45, 2.75) is 32.4 Å². The molecule has 0 spiro atoms. The summed E-state index contributed by atoms with van der Waals surface area (Å²) in [5, 5.41) is 1.35. The second kappa shape index (κ2) is 6.22. The predicted molar refractivity (Wildman–Crippen MR) is 98.9 cm³/mol. The fourth-order valence-corrected chi connectivity index (χ4v) is 5.97. The minimum absolute atomic E-state index is 0.0507. The largest absolute Gasteiger partial charge is 0.343 e. The number of sulfone groups is 1. The van der Waals surface area contributed by atoms with Gasteiger partial charge in [0.2, 0.25) is 0 Å². The lowest BCUT2D eigenvalue weighted by Crippen LogP contribution is -2.38. The maximum Gasteiger partial charge on any atom is 0.176 e. The Kier molecular flexibility index (Phi) is 4.60. The first kappa shape index (κ1) is 17.0. The summed E-state index contributed by atoms with van der Waals surface area (Å²) in [5.74, 6) is 0.893. The van der Waals surface area contributed by atoms with Gasteiger partial charge in [-0.3, -0.25) is 0 Å². The van der Waals surface area contributed by atoms with E-state index in [-0.39, 0.29) is 23.6 Å². The van der Waals surface area contributed by atoms with Crippen LogP contribution >= 0.6 is 23.8 Å². The molecule has 0 aromatic heterocycles. The van der Waals surface area contributed by atoms with Gasteiger partial charge in [0.25, 0.3) is 0 Å². The van der Waals surface area contributed by atoms with Crippen LogP contribution in [0, 0.1) is 5.92 Å². The van der Waals surface area contributed by atoms with Crippen molar-refractivity contribution in [2.24, 2.45) is 5.92 Å². The standard InChI is InChI=1S/C16H21ClN2O2S2/c1-11(2)6-7-18-14-9-23(20,21)10-15(14)19(16(18)22)13-5-3-4-12(17)8-13/h3-5,8,11,14-15H,6-7,9-10H2,1-2H3/t14-,15+/m1/s1. The SMILES string of the molecule is CC(C)CCN1C(=S)N(c2cccc(Cl)c2)[C@H]2CS(=O)(=O)C[C@H]21. The smallest absolute Gasteiger partial charge is 0.176 e. The Balaban J connectivity index is 1.94. The van der Waals surface area contributed by atoms with Gasteiger partial charge in [-0.25, -0.2) is 8.42 Å². The summed E-state index contributed by atoms with van der Waals surface area (Å²) >= 11 is 11.8. The molecule has 2 atom stereocenters. The summed E-state index contributed by atoms with van der Waals surface area (Å²) in [6.07, 6.45) is 0.993. The van der Waals surface area contributed by atoms with Gasteiger partial charge in [0.05, 0.1) is 23.6 Å². The van der Waals surface area contributed by atoms with Crippen LogP contribution in [-0.2, 0) is 9.84 Å². The highest BCUT2D eigenvalue weighted by atomic mass is 35.5. The number of hydrogen-bond acceptors (Lipinski definition) is 3. The Bertz CT molecular complexity index is 721. The van der Waals surface area contributed by atoms with Crippen molar-refractivity contribution in [2.75, 3.05) is 23.0 Å². The lowest BCUT2D eigenvalue weighted by Gasteiger charge is -2.26. The highest BCUT2D eigenvalue weighted by Gasteiger charge is 2.51. The van der Waals surface area contributed by atoms with E-state index in [4.69, 9.17) is 23.8 Å². The number of rotatable bonds is 4. The quantitative estimate of drug-likeness (QED) is 0.760. The zero-order chi connectivity index (χ0) is 16.8. The van der Waals surface area contributed by atoms with Gasteiger partial charge >= 0.3 is 0 Å². The van der Waals surface area contributed by atoms with E-state index in [9.17, 15) is 8.42 Å². The summed E-state index contributed by atoms with van der Waals surface area (Å²) in [6.45, 7) is 5.12. The van der Waals surface area contributed by atoms with Crippen LogP contribution in [0.4, 0.5) is 5.69 Å². The van der Waals surface area contributed by atoms with E-state index < -0.39 is 9.84 Å². The number of nitrogens with zero attached hydrogens (tertiary/aromatic N) is 2. The molecule has 2 heterocycles. The van der Waals surface area contributed by atoms with E-state index in [0.717, 1.165) is 23.8 Å². The van der Waals surface area contributed by atoms with Crippen LogP contribution < -0.4 is 4.90 Å². The zero-order valence-corrected chi connectivity index (χ0v) is 15.7. The average molecular weight is 373 g/mol. The van der Waals surface area contributed by atoms with Crippen LogP contribution in [0.25, 0.3) is 0 Å². The average Bonchev–Trinajstić information content (AvgIpc) is 2.86. The maximum absolute atomic E-state index is 12.2. The van der Waals surface area contributed by atoms with Crippen molar-refractivity contribution in [3.63, 3.8) is 0 Å². The van der Waals surface area contributed by atoms with Crippen LogP contribution in [0.1, 0.15) is 20.3 Å². The first-order chi connectivity index (χ1) is 10.8. The van der Waals surface area contributed by atoms with Crippen molar-refractivity contribution >= 4 is 44.5 Å². The molecule has 126 valence electrons. The summed E-state index contributed by atoms with van der Waals surface area (Å²) in [6, 6.07) is 7.30. The second-order valence-electron chi connectivity index (χ2n) is 6.72. The molecule has 0 bridgehead atoms. The lowest BCUT2D eigenvalue weighted by molar-refractivity contribution is 0.333. The van der Waals surface area contributed by atoms with Gasteiger partial charge in [0.1, 0.15) is 0 Å². The van der Waals surface area contributed by atoms with Gasteiger partial charge in [-0.2, -0.15) is 0 Å². The molecule has 0 radical (unpaired) electrons. The van der Waals surface area contributed by atoms with Gasteiger partial charge < -0.3 is 9.80 Å². The summed E-state index contributed by atoms with van der Waals surface area (Å²) < 4.78 is 24.3. The van der Waals surface area contributed by atoms with Crippen LogP contribution in [0.3, 0.4) is 0 Å². The van der Waals surface area contributed by atoms with Crippen molar-refractivity contribution in [1.82, 2.24) is 4.90 Å². The predicted octanol–water partition coefficient (Wildman–Crippen LogP) is 2.96. The van der Waals surface area contributed by atoms with Gasteiger partial charge in [0.15, 0.2) is 14.9 Å². The molecule has 1 aromatic carbocycles. The molecule has 7 heteroatoms. The monoisotopic (exact) mass is 372 g/mol. The van der Waals surface area contributed by atoms with Crippen LogP contribution in [0.5, 0.6) is 0 Å². The molecule has 0 amide bonds. The van der Waals surface area contributed by atoms with Crippen molar-refractivity contribution < 1.29 is 8.42 Å². The molecule has 2 aliphatic heterocycles. The minimum atomic E-state index is -3.03. The molecule has 2 saturated heterocycles. The first-order valence-corrected chi connectivity index (χ1v) is 10.4. The van der Waals surface area contributed by atoms with E-state index in [2.05, 4.69) is 18.7 Å². The Morgan fingerprint density at radius 3 is 2.65 bits per heavy atom. The van der Waals surface area contributed by atoms with E-state index >= 15 is 0 Å².